The number of nitrogens with one attached hydrogen (secondary N) is 1. The lowest BCUT2D eigenvalue weighted by atomic mass is 9.79. The van der Waals surface area contributed by atoms with E-state index in [1.807, 2.05) is 12.1 Å². The lowest BCUT2D eigenvalue weighted by molar-refractivity contribution is -0.136. The minimum atomic E-state index is -4.58. The van der Waals surface area contributed by atoms with Crippen molar-refractivity contribution in [2.24, 2.45) is 11.8 Å². The number of fused-ring (bicyclic) bond motifs is 1. The smallest absolute Gasteiger partial charge is 0.298 e. The highest BCUT2D eigenvalue weighted by Crippen LogP contribution is 2.50. The summed E-state index contributed by atoms with van der Waals surface area (Å²) in [6, 6.07) is 5.42. The molecule has 26 heavy (non-hydrogen) atoms. The standard InChI is InChI=1S/C17H19F3N2O3S/c18-17(19,20)10-22-9-16(21-26(22,24)25)14-3-4-15(16)7-13-5-11(8-23)1-2-12(13)6-14/h1-2,5,8,14-15,21H,3-4,6-7,9-10H2/t14-,15+,16+/m0/s1. The quantitative estimate of drug-likeness (QED) is 0.789. The number of hydrogen-bond donors (Lipinski definition) is 1. The summed E-state index contributed by atoms with van der Waals surface area (Å²) >= 11 is 0. The van der Waals surface area contributed by atoms with Gasteiger partial charge in [0.1, 0.15) is 12.8 Å². The van der Waals surface area contributed by atoms with Gasteiger partial charge in [-0.15, -0.1) is 0 Å². The molecule has 3 aliphatic rings. The van der Waals surface area contributed by atoms with Crippen LogP contribution in [-0.2, 0) is 23.1 Å². The zero-order chi connectivity index (χ0) is 18.7. The van der Waals surface area contributed by atoms with Crippen molar-refractivity contribution in [1.82, 2.24) is 9.03 Å². The molecule has 9 heteroatoms. The number of nitrogens with zero attached hydrogens (tertiary/aromatic N) is 1. The van der Waals surface area contributed by atoms with Crippen molar-refractivity contribution in [3.05, 3.63) is 34.9 Å². The average Bonchev–Trinajstić information content (AvgIpc) is 2.91. The van der Waals surface area contributed by atoms with Crippen molar-refractivity contribution in [2.45, 2.75) is 37.4 Å². The number of benzene rings is 1. The molecule has 4 rings (SSSR count). The topological polar surface area (TPSA) is 66.5 Å². The SMILES string of the molecule is O=Cc1ccc2c(c1)C[C@H]1CC[C@@H](C2)[C@]12CN(CC(F)(F)F)S(=O)(=O)N2. The molecule has 2 bridgehead atoms. The van der Waals surface area contributed by atoms with Gasteiger partial charge in [-0.25, -0.2) is 0 Å². The first kappa shape index (κ1) is 17.9. The molecule has 1 N–H and O–H groups in total. The Balaban J connectivity index is 1.69. The largest absolute Gasteiger partial charge is 0.402 e. The Kier molecular flexibility index (Phi) is 3.98. The molecule has 1 heterocycles. The molecule has 1 saturated carbocycles. The fourth-order valence-electron chi connectivity index (χ4n) is 4.94. The second-order valence-corrected chi connectivity index (χ2v) is 9.23. The Bertz CT molecular complexity index is 855. The predicted molar refractivity (Wildman–Crippen MR) is 87.9 cm³/mol. The molecule has 1 spiro atoms. The molecule has 1 aromatic rings. The molecule has 0 aromatic heterocycles. The summed E-state index contributed by atoms with van der Waals surface area (Å²) in [4.78, 5) is 11.0. The van der Waals surface area contributed by atoms with Gasteiger partial charge < -0.3 is 0 Å². The molecular weight excluding hydrogens is 369 g/mol. The number of carbonyl (C=O) groups is 1. The monoisotopic (exact) mass is 388 g/mol. The minimum Gasteiger partial charge on any atom is -0.298 e. The molecule has 1 aliphatic heterocycles. The third-order valence-electron chi connectivity index (χ3n) is 6.07. The van der Waals surface area contributed by atoms with Gasteiger partial charge in [-0.1, -0.05) is 12.1 Å². The summed E-state index contributed by atoms with van der Waals surface area (Å²) in [6.07, 6.45) is -1.10. The Morgan fingerprint density at radius 2 is 1.85 bits per heavy atom. The van der Waals surface area contributed by atoms with Gasteiger partial charge in [0.25, 0.3) is 10.2 Å². The fourth-order valence-corrected chi connectivity index (χ4v) is 6.65. The molecule has 0 unspecified atom stereocenters. The van der Waals surface area contributed by atoms with Crippen molar-refractivity contribution in [3.8, 4) is 0 Å². The van der Waals surface area contributed by atoms with Crippen molar-refractivity contribution < 1.29 is 26.4 Å². The highest BCUT2D eigenvalue weighted by Gasteiger charge is 2.60. The average molecular weight is 388 g/mol. The lowest BCUT2D eigenvalue weighted by Crippen LogP contribution is -2.52. The molecule has 0 amide bonds. The van der Waals surface area contributed by atoms with Crippen LogP contribution in [0.1, 0.15) is 34.3 Å². The Labute approximate surface area is 149 Å². The van der Waals surface area contributed by atoms with Crippen LogP contribution < -0.4 is 4.72 Å². The lowest BCUT2D eigenvalue weighted by Gasteiger charge is -2.33. The molecule has 2 aliphatic carbocycles. The van der Waals surface area contributed by atoms with Crippen LogP contribution in [0.25, 0.3) is 0 Å². The van der Waals surface area contributed by atoms with E-state index in [2.05, 4.69) is 4.72 Å². The van der Waals surface area contributed by atoms with Gasteiger partial charge in [0.2, 0.25) is 0 Å². The number of aldehydes is 1. The summed E-state index contributed by atoms with van der Waals surface area (Å²) in [5, 5.41) is 0. The van der Waals surface area contributed by atoms with Crippen LogP contribution in [0.3, 0.4) is 0 Å². The van der Waals surface area contributed by atoms with E-state index in [-0.39, 0.29) is 18.4 Å². The first-order valence-electron chi connectivity index (χ1n) is 8.56. The number of hydrogen-bond acceptors (Lipinski definition) is 3. The maximum atomic E-state index is 12.8. The van der Waals surface area contributed by atoms with E-state index >= 15 is 0 Å². The number of carbonyl (C=O) groups excluding carboxylic acids is 1. The van der Waals surface area contributed by atoms with E-state index in [0.717, 1.165) is 30.3 Å². The van der Waals surface area contributed by atoms with Crippen molar-refractivity contribution in [2.75, 3.05) is 13.1 Å². The summed E-state index contributed by atoms with van der Waals surface area (Å²) in [6.45, 7) is -1.62. The van der Waals surface area contributed by atoms with Crippen LogP contribution in [0.2, 0.25) is 0 Å². The molecule has 2 fully saturated rings. The third-order valence-corrected chi connectivity index (χ3v) is 7.65. The molecule has 142 valence electrons. The van der Waals surface area contributed by atoms with Gasteiger partial charge in [-0.2, -0.15) is 30.6 Å². The molecule has 1 saturated heterocycles. The Hall–Kier alpha value is -1.45. The zero-order valence-electron chi connectivity index (χ0n) is 13.9. The molecular formula is C17H19F3N2O3S. The summed E-state index contributed by atoms with van der Waals surface area (Å²) in [5.41, 5.74) is 1.73. The van der Waals surface area contributed by atoms with Crippen LogP contribution in [0.5, 0.6) is 0 Å². The maximum absolute atomic E-state index is 12.8. The van der Waals surface area contributed by atoms with Crippen molar-refractivity contribution >= 4 is 16.5 Å². The molecule has 5 nitrogen and oxygen atoms in total. The fraction of sp³-hybridized carbons (Fsp3) is 0.588. The van der Waals surface area contributed by atoms with Crippen LogP contribution in [0.15, 0.2) is 18.2 Å². The summed E-state index contributed by atoms with van der Waals surface area (Å²) in [7, 11) is -4.16. The highest BCUT2D eigenvalue weighted by atomic mass is 32.2. The summed E-state index contributed by atoms with van der Waals surface area (Å²) < 4.78 is 66.4. The van der Waals surface area contributed by atoms with Gasteiger partial charge >= 0.3 is 6.18 Å². The highest BCUT2D eigenvalue weighted by molar-refractivity contribution is 7.87. The Morgan fingerprint density at radius 1 is 1.19 bits per heavy atom. The van der Waals surface area contributed by atoms with Crippen LogP contribution in [-0.4, -0.2) is 43.8 Å². The minimum absolute atomic E-state index is 0.0520. The maximum Gasteiger partial charge on any atom is 0.402 e. The second kappa shape index (κ2) is 5.77. The number of alkyl halides is 3. The van der Waals surface area contributed by atoms with Crippen molar-refractivity contribution in [1.29, 1.82) is 0 Å². The first-order valence-corrected chi connectivity index (χ1v) is 10.00. The molecule has 3 atom stereocenters. The van der Waals surface area contributed by atoms with Crippen molar-refractivity contribution in [3.63, 3.8) is 0 Å². The van der Waals surface area contributed by atoms with Gasteiger partial charge in [0.05, 0.1) is 5.54 Å². The second-order valence-electron chi connectivity index (χ2n) is 7.56. The van der Waals surface area contributed by atoms with Gasteiger partial charge in [0, 0.05) is 12.1 Å². The van der Waals surface area contributed by atoms with E-state index in [1.165, 1.54) is 0 Å². The first-order chi connectivity index (χ1) is 12.1. The normalized spacial score (nSPS) is 33.2. The van der Waals surface area contributed by atoms with Gasteiger partial charge in [-0.3, -0.25) is 4.79 Å². The van der Waals surface area contributed by atoms with Crippen LogP contribution >= 0.6 is 0 Å². The zero-order valence-corrected chi connectivity index (χ0v) is 14.7. The van der Waals surface area contributed by atoms with Crippen LogP contribution in [0, 0.1) is 11.8 Å². The van der Waals surface area contributed by atoms with Gasteiger partial charge in [-0.05, 0) is 54.7 Å². The van der Waals surface area contributed by atoms with Gasteiger partial charge in [0.15, 0.2) is 0 Å². The predicted octanol–water partition coefficient (Wildman–Crippen LogP) is 2.08. The number of rotatable bonds is 2. The van der Waals surface area contributed by atoms with E-state index in [4.69, 9.17) is 0 Å². The Morgan fingerprint density at radius 3 is 2.46 bits per heavy atom. The number of halogens is 3. The molecule has 1 aromatic carbocycles. The van der Waals surface area contributed by atoms with E-state index in [1.54, 1.807) is 6.07 Å². The summed E-state index contributed by atoms with van der Waals surface area (Å²) in [5.74, 6) is -0.132. The third kappa shape index (κ3) is 2.86. The van der Waals surface area contributed by atoms with E-state index < -0.39 is 28.5 Å². The van der Waals surface area contributed by atoms with E-state index in [9.17, 15) is 26.4 Å². The van der Waals surface area contributed by atoms with Crippen LogP contribution in [0.4, 0.5) is 13.2 Å². The van der Waals surface area contributed by atoms with E-state index in [0.29, 0.717) is 22.7 Å². The molecule has 0 radical (unpaired) electrons.